The smallest absolute Gasteiger partial charge is 0.296 e. The van der Waals surface area contributed by atoms with Crippen molar-refractivity contribution in [1.29, 1.82) is 0 Å². The second kappa shape index (κ2) is 21.7. The average molecular weight is 1140 g/mol. The molecule has 78 heavy (non-hydrogen) atoms. The van der Waals surface area contributed by atoms with Crippen molar-refractivity contribution in [3.8, 4) is 17.2 Å². The molecule has 0 saturated heterocycles. The molecule has 0 heterocycles. The van der Waals surface area contributed by atoms with E-state index >= 15 is 0 Å². The molecule has 0 radical (unpaired) electrons. The summed E-state index contributed by atoms with van der Waals surface area (Å²) in [5, 5.41) is 47.6. The van der Waals surface area contributed by atoms with Crippen molar-refractivity contribution in [3.63, 3.8) is 0 Å². The number of nitrogens with two attached hydrogens (primary N) is 1. The largest absolute Gasteiger partial charge is 0.505 e. The third-order valence-corrected chi connectivity index (χ3v) is 14.9. The van der Waals surface area contributed by atoms with Crippen LogP contribution in [0.15, 0.2) is 182 Å². The van der Waals surface area contributed by atoms with Crippen molar-refractivity contribution in [2.45, 2.75) is 40.4 Å². The van der Waals surface area contributed by atoms with Gasteiger partial charge in [0.15, 0.2) is 12.5 Å². The molecule has 0 amide bonds. The number of fused-ring (bicyclic) bond motifs is 2. The second-order valence-corrected chi connectivity index (χ2v) is 22.5. The number of nitrogen functional groups attached to an aromatic ring is 1. The molecular formula is C49H42N10O15S4. The lowest BCUT2D eigenvalue weighted by atomic mass is 10.1. The van der Waals surface area contributed by atoms with Gasteiger partial charge < -0.3 is 25.6 Å². The monoisotopic (exact) mass is 1140 g/mol. The second-order valence-electron chi connectivity index (χ2n) is 17.0. The van der Waals surface area contributed by atoms with E-state index in [1.165, 1.54) is 31.4 Å². The molecule has 25 nitrogen and oxygen atoms in total. The highest BCUT2D eigenvalue weighted by atomic mass is 32.2. The van der Waals surface area contributed by atoms with Gasteiger partial charge in [-0.05, 0) is 163 Å². The molecule has 0 aromatic heterocycles. The first-order chi connectivity index (χ1) is 36.7. The molecule has 8 aromatic carbocycles. The Balaban J connectivity index is 0.969. The summed E-state index contributed by atoms with van der Waals surface area (Å²) >= 11 is 0. The predicted molar refractivity (Wildman–Crippen MR) is 286 cm³/mol. The number of nitrogens with zero attached hydrogens (tertiary/aromatic N) is 8. The van der Waals surface area contributed by atoms with Crippen LogP contribution >= 0.6 is 0 Å². The Kier molecular flexibility index (Phi) is 15.5. The van der Waals surface area contributed by atoms with Crippen LogP contribution in [0.25, 0.3) is 21.5 Å². The molecule has 8 N–H and O–H groups in total. The number of phenolic OH excluding ortho intramolecular Hbond substituents is 1. The highest BCUT2D eigenvalue weighted by molar-refractivity contribution is 7.87. The Hall–Kier alpha value is -8.68. The molecule has 0 spiro atoms. The van der Waals surface area contributed by atoms with E-state index in [9.17, 15) is 57.0 Å². The van der Waals surface area contributed by atoms with Crippen molar-refractivity contribution in [2.75, 3.05) is 24.9 Å². The summed E-state index contributed by atoms with van der Waals surface area (Å²) in [5.74, 6) is 0.174. The van der Waals surface area contributed by atoms with Crippen molar-refractivity contribution in [2.24, 2.45) is 40.9 Å². The van der Waals surface area contributed by atoms with Crippen molar-refractivity contribution in [3.05, 3.63) is 138 Å². The van der Waals surface area contributed by atoms with E-state index in [2.05, 4.69) is 46.2 Å². The number of aryl methyl sites for hydroxylation is 3. The molecule has 29 heteroatoms. The number of hydrogen-bond acceptors (Lipinski definition) is 21. The first-order valence-electron chi connectivity index (χ1n) is 22.3. The van der Waals surface area contributed by atoms with Crippen LogP contribution in [0.3, 0.4) is 0 Å². The molecule has 8 rings (SSSR count). The van der Waals surface area contributed by atoms with Gasteiger partial charge in [-0.15, -0.1) is 15.3 Å². The van der Waals surface area contributed by atoms with Gasteiger partial charge in [0.2, 0.25) is 0 Å². The normalized spacial score (nSPS) is 12.7. The fraction of sp³-hybridized carbons (Fsp3) is 0.102. The molecular weight excluding hydrogens is 1100 g/mol. The minimum Gasteiger partial charge on any atom is -0.505 e. The molecule has 0 aliphatic rings. The van der Waals surface area contributed by atoms with Gasteiger partial charge in [0.25, 0.3) is 40.5 Å². The van der Waals surface area contributed by atoms with Gasteiger partial charge in [-0.25, -0.2) is 0 Å². The van der Waals surface area contributed by atoms with Crippen LogP contribution in [0.5, 0.6) is 17.2 Å². The molecule has 0 aliphatic carbocycles. The van der Waals surface area contributed by atoms with E-state index in [0.29, 0.717) is 68.7 Å². The van der Waals surface area contributed by atoms with Crippen molar-refractivity contribution < 1.29 is 66.5 Å². The molecule has 0 atom stereocenters. The predicted octanol–water partition coefficient (Wildman–Crippen LogP) is 12.3. The summed E-state index contributed by atoms with van der Waals surface area (Å²) in [4.78, 5) is -3.58. The van der Waals surface area contributed by atoms with Gasteiger partial charge in [0.1, 0.15) is 43.2 Å². The van der Waals surface area contributed by atoms with Gasteiger partial charge in [-0.1, -0.05) is 0 Å². The highest BCUT2D eigenvalue weighted by Gasteiger charge is 2.26. The first kappa shape index (κ1) is 55.5. The fourth-order valence-electron chi connectivity index (χ4n) is 7.55. The molecule has 402 valence electrons. The number of ether oxygens (including phenoxy) is 2. The third kappa shape index (κ3) is 12.8. The van der Waals surface area contributed by atoms with E-state index in [1.54, 1.807) is 93.6 Å². The Morgan fingerprint density at radius 3 is 1.63 bits per heavy atom. The van der Waals surface area contributed by atoms with E-state index in [4.69, 9.17) is 15.2 Å². The Bertz CT molecular complexity index is 4350. The van der Waals surface area contributed by atoms with Gasteiger partial charge in [-0.2, -0.15) is 59.2 Å². The number of rotatable bonds is 17. The topological polar surface area (TPSA) is 393 Å². The minimum absolute atomic E-state index is 0.0532. The average Bonchev–Trinajstić information content (AvgIpc) is 3.36. The lowest BCUT2D eigenvalue weighted by Crippen LogP contribution is -2.08. The zero-order valence-electron chi connectivity index (χ0n) is 40.9. The number of hydrogen-bond donors (Lipinski definition) is 7. The summed E-state index contributed by atoms with van der Waals surface area (Å²) in [5.41, 5.74) is 9.54. The maximum absolute atomic E-state index is 12.6. The van der Waals surface area contributed by atoms with Gasteiger partial charge in [0.05, 0.1) is 40.4 Å². The quantitative estimate of drug-likeness (QED) is 0.0193. The molecule has 0 saturated carbocycles. The van der Waals surface area contributed by atoms with Gasteiger partial charge in [-0.3, -0.25) is 18.2 Å². The summed E-state index contributed by atoms with van der Waals surface area (Å²) < 4.78 is 149. The summed E-state index contributed by atoms with van der Waals surface area (Å²) in [7, 11) is -18.9. The van der Waals surface area contributed by atoms with E-state index in [0.717, 1.165) is 12.1 Å². The van der Waals surface area contributed by atoms with Crippen LogP contribution in [0.2, 0.25) is 0 Å². The summed E-state index contributed by atoms with van der Waals surface area (Å²) in [6.07, 6.45) is 0. The summed E-state index contributed by atoms with van der Waals surface area (Å²) in [6.45, 7) is 5.28. The Labute approximate surface area is 444 Å². The lowest BCUT2D eigenvalue weighted by Gasteiger charge is -2.12. The van der Waals surface area contributed by atoms with E-state index < -0.39 is 88.0 Å². The number of aromatic hydroxyl groups is 1. The number of azo groups is 4. The van der Waals surface area contributed by atoms with Crippen LogP contribution in [0.1, 0.15) is 16.7 Å². The standard InChI is InChI=1S/C49H42N10O15S4/c1-26-15-33(8-13-39(26)54-55-40-14-9-34(22-44(40)73-4)53-58-43-24-38-30(20-46(43)77(67,68)69)19-36(75(61,62)63)23-45(38)76(64,65)66)52-56-41-16-28(3)42(17-27(41)2)57-59-48-47(78(70,71)72)21-29-18-32(7-12-37(29)49(48)60)51-25-74-35-10-5-31(50)6-11-35/h5-24,51,60H,25,50H2,1-4H3,(H,61,62,63)(H,64,65,66)(H,67,68,69)(H,70,71,72). The Morgan fingerprint density at radius 1 is 0.487 bits per heavy atom. The highest BCUT2D eigenvalue weighted by Crippen LogP contribution is 2.43. The van der Waals surface area contributed by atoms with Crippen LogP contribution < -0.4 is 20.5 Å². The van der Waals surface area contributed by atoms with Crippen LogP contribution in [0.4, 0.5) is 56.9 Å². The molecule has 0 unspecified atom stereocenters. The number of methoxy groups -OCH3 is 1. The van der Waals surface area contributed by atoms with E-state index in [-0.39, 0.29) is 34.6 Å². The van der Waals surface area contributed by atoms with Crippen molar-refractivity contribution >= 4 is 119 Å². The molecule has 8 aromatic rings. The fourth-order valence-corrected chi connectivity index (χ4v) is 10.2. The van der Waals surface area contributed by atoms with Gasteiger partial charge in [0, 0.05) is 28.2 Å². The molecule has 0 fully saturated rings. The number of anilines is 2. The SMILES string of the molecule is COc1cc(N=Nc2cc3c(S(=O)(=O)O)cc(S(=O)(=O)O)cc3cc2S(=O)(=O)O)ccc1N=Nc1ccc(N=Nc2cc(C)c(N=Nc3c(S(=O)(=O)O)cc4cc(NCOc5ccc(N)cc5)ccc4c3O)cc2C)cc1C. The maximum Gasteiger partial charge on any atom is 0.296 e. The van der Waals surface area contributed by atoms with Crippen LogP contribution in [-0.2, 0) is 40.5 Å². The van der Waals surface area contributed by atoms with Crippen LogP contribution in [-0.4, -0.2) is 70.8 Å². The first-order valence-corrected chi connectivity index (χ1v) is 28.0. The third-order valence-electron chi connectivity index (χ3n) is 11.5. The number of benzene rings is 8. The zero-order valence-corrected chi connectivity index (χ0v) is 44.1. The zero-order chi connectivity index (χ0) is 56.5. The van der Waals surface area contributed by atoms with E-state index in [1.807, 2.05) is 0 Å². The summed E-state index contributed by atoms with van der Waals surface area (Å²) in [6, 6.07) is 28.0. The number of nitrogens with one attached hydrogen (secondary N) is 1. The van der Waals surface area contributed by atoms with Gasteiger partial charge >= 0.3 is 0 Å². The maximum atomic E-state index is 12.6. The van der Waals surface area contributed by atoms with Crippen molar-refractivity contribution in [1.82, 2.24) is 0 Å². The molecule has 0 aliphatic heterocycles. The van der Waals surface area contributed by atoms with Crippen LogP contribution in [0, 0.1) is 20.8 Å². The number of phenols is 1. The lowest BCUT2D eigenvalue weighted by molar-refractivity contribution is 0.347. The minimum atomic E-state index is -5.16. The Morgan fingerprint density at radius 2 is 1.03 bits per heavy atom. The molecule has 0 bridgehead atoms.